The molecule has 0 unspecified atom stereocenters. The predicted octanol–water partition coefficient (Wildman–Crippen LogP) is 3.37. The maximum absolute atomic E-state index is 12.2. The molecule has 3 aromatic carbocycles. The summed E-state index contributed by atoms with van der Waals surface area (Å²) in [7, 11) is 0. The number of carbonyl (C=O) groups is 1. The number of rotatable bonds is 4. The lowest BCUT2D eigenvalue weighted by Crippen LogP contribution is -2.21. The SMILES string of the molecule is O=C(Cc1cccc2ccccc12)N/N=C\c1cc2ccccc2[nH]c1=O. The third kappa shape index (κ3) is 3.62. The topological polar surface area (TPSA) is 74.3 Å². The summed E-state index contributed by atoms with van der Waals surface area (Å²) in [6, 6.07) is 23.1. The van der Waals surface area contributed by atoms with Gasteiger partial charge in [-0.15, -0.1) is 0 Å². The van der Waals surface area contributed by atoms with Crippen molar-refractivity contribution in [3.8, 4) is 0 Å². The molecule has 1 heterocycles. The van der Waals surface area contributed by atoms with E-state index in [0.717, 1.165) is 27.2 Å². The predicted molar refractivity (Wildman–Crippen MR) is 108 cm³/mol. The van der Waals surface area contributed by atoms with Crippen LogP contribution in [0.4, 0.5) is 0 Å². The number of nitrogens with one attached hydrogen (secondary N) is 2. The zero-order valence-corrected chi connectivity index (χ0v) is 14.5. The molecule has 1 aromatic heterocycles. The quantitative estimate of drug-likeness (QED) is 0.435. The second-order valence-corrected chi connectivity index (χ2v) is 6.25. The molecular weight excluding hydrogens is 338 g/mol. The fraction of sp³-hybridized carbons (Fsp3) is 0.0455. The number of carbonyl (C=O) groups excluding carboxylic acids is 1. The second kappa shape index (κ2) is 7.25. The van der Waals surface area contributed by atoms with Gasteiger partial charge in [-0.25, -0.2) is 5.43 Å². The van der Waals surface area contributed by atoms with Crippen molar-refractivity contribution in [3.63, 3.8) is 0 Å². The van der Waals surface area contributed by atoms with Crippen LogP contribution in [-0.2, 0) is 11.2 Å². The number of hydrogen-bond donors (Lipinski definition) is 2. The Morgan fingerprint density at radius 1 is 0.963 bits per heavy atom. The number of pyridine rings is 1. The number of benzene rings is 3. The Hall–Kier alpha value is -3.73. The number of para-hydroxylation sites is 1. The fourth-order valence-corrected chi connectivity index (χ4v) is 3.09. The Morgan fingerprint density at radius 2 is 1.70 bits per heavy atom. The van der Waals surface area contributed by atoms with E-state index in [1.54, 1.807) is 6.07 Å². The molecule has 0 radical (unpaired) electrons. The van der Waals surface area contributed by atoms with Crippen LogP contribution in [0.1, 0.15) is 11.1 Å². The van der Waals surface area contributed by atoms with Crippen molar-refractivity contribution in [2.45, 2.75) is 6.42 Å². The van der Waals surface area contributed by atoms with Gasteiger partial charge < -0.3 is 4.98 Å². The van der Waals surface area contributed by atoms with Gasteiger partial charge in [0.05, 0.1) is 18.2 Å². The smallest absolute Gasteiger partial charge is 0.257 e. The Bertz CT molecular complexity index is 1220. The van der Waals surface area contributed by atoms with Crippen LogP contribution in [0.25, 0.3) is 21.7 Å². The van der Waals surface area contributed by atoms with Crippen LogP contribution >= 0.6 is 0 Å². The molecule has 0 atom stereocenters. The van der Waals surface area contributed by atoms with E-state index in [2.05, 4.69) is 15.5 Å². The highest BCUT2D eigenvalue weighted by atomic mass is 16.2. The highest BCUT2D eigenvalue weighted by Crippen LogP contribution is 2.18. The van der Waals surface area contributed by atoms with Crippen LogP contribution in [-0.4, -0.2) is 17.1 Å². The zero-order chi connectivity index (χ0) is 18.6. The minimum Gasteiger partial charge on any atom is -0.321 e. The summed E-state index contributed by atoms with van der Waals surface area (Å²) in [6.07, 6.45) is 1.58. The van der Waals surface area contributed by atoms with Crippen molar-refractivity contribution < 1.29 is 4.79 Å². The average Bonchev–Trinajstić information content (AvgIpc) is 2.69. The van der Waals surface area contributed by atoms with Gasteiger partial charge in [-0.1, -0.05) is 60.7 Å². The van der Waals surface area contributed by atoms with Gasteiger partial charge in [0, 0.05) is 5.52 Å². The molecule has 2 N–H and O–H groups in total. The summed E-state index contributed by atoms with van der Waals surface area (Å²) in [4.78, 5) is 27.1. The van der Waals surface area contributed by atoms with Gasteiger partial charge in [0.15, 0.2) is 0 Å². The minimum absolute atomic E-state index is 0.215. The number of H-pyrrole nitrogens is 1. The van der Waals surface area contributed by atoms with Crippen LogP contribution < -0.4 is 11.0 Å². The molecule has 0 saturated heterocycles. The highest BCUT2D eigenvalue weighted by Gasteiger charge is 2.06. The molecule has 0 aliphatic carbocycles. The first-order valence-electron chi connectivity index (χ1n) is 8.61. The van der Waals surface area contributed by atoms with Gasteiger partial charge in [-0.05, 0) is 33.9 Å². The lowest BCUT2D eigenvalue weighted by atomic mass is 10.0. The number of fused-ring (bicyclic) bond motifs is 2. The summed E-state index contributed by atoms with van der Waals surface area (Å²) in [6.45, 7) is 0. The molecule has 1 amide bonds. The van der Waals surface area contributed by atoms with E-state index in [4.69, 9.17) is 0 Å². The molecule has 0 fully saturated rings. The summed E-state index contributed by atoms with van der Waals surface area (Å²) >= 11 is 0. The molecule has 0 aliphatic rings. The molecule has 0 spiro atoms. The van der Waals surface area contributed by atoms with Gasteiger partial charge in [0.1, 0.15) is 0 Å². The number of aromatic amines is 1. The van der Waals surface area contributed by atoms with E-state index in [-0.39, 0.29) is 17.9 Å². The lowest BCUT2D eigenvalue weighted by Gasteiger charge is -2.05. The molecule has 4 aromatic rings. The average molecular weight is 355 g/mol. The van der Waals surface area contributed by atoms with E-state index in [9.17, 15) is 9.59 Å². The number of hydrogen-bond acceptors (Lipinski definition) is 3. The normalized spacial score (nSPS) is 11.3. The fourth-order valence-electron chi connectivity index (χ4n) is 3.09. The van der Waals surface area contributed by atoms with E-state index in [0.29, 0.717) is 5.56 Å². The molecule has 132 valence electrons. The van der Waals surface area contributed by atoms with Gasteiger partial charge >= 0.3 is 0 Å². The van der Waals surface area contributed by atoms with Crippen molar-refractivity contribution in [2.24, 2.45) is 5.10 Å². The number of nitrogens with zero attached hydrogens (tertiary/aromatic N) is 1. The summed E-state index contributed by atoms with van der Waals surface area (Å²) in [5, 5.41) is 6.98. The third-order valence-electron chi connectivity index (χ3n) is 4.41. The molecule has 0 bridgehead atoms. The first-order valence-corrected chi connectivity index (χ1v) is 8.61. The molecule has 4 rings (SSSR count). The third-order valence-corrected chi connectivity index (χ3v) is 4.41. The molecule has 27 heavy (non-hydrogen) atoms. The van der Waals surface area contributed by atoms with Crippen molar-refractivity contribution in [2.75, 3.05) is 0 Å². The van der Waals surface area contributed by atoms with Gasteiger partial charge in [-0.2, -0.15) is 5.10 Å². The van der Waals surface area contributed by atoms with Crippen molar-refractivity contribution in [1.82, 2.24) is 10.4 Å². The Morgan fingerprint density at radius 3 is 2.59 bits per heavy atom. The molecular formula is C22H17N3O2. The molecule has 0 saturated carbocycles. The first-order chi connectivity index (χ1) is 13.2. The van der Waals surface area contributed by atoms with Gasteiger partial charge in [0.2, 0.25) is 5.91 Å². The van der Waals surface area contributed by atoms with Crippen LogP contribution in [0.5, 0.6) is 0 Å². The number of aromatic nitrogens is 1. The van der Waals surface area contributed by atoms with Gasteiger partial charge in [0.25, 0.3) is 5.56 Å². The monoisotopic (exact) mass is 355 g/mol. The van der Waals surface area contributed by atoms with E-state index in [1.165, 1.54) is 6.21 Å². The number of hydrazone groups is 1. The van der Waals surface area contributed by atoms with E-state index >= 15 is 0 Å². The van der Waals surface area contributed by atoms with Crippen LogP contribution in [0, 0.1) is 0 Å². The highest BCUT2D eigenvalue weighted by molar-refractivity contribution is 5.91. The molecule has 5 nitrogen and oxygen atoms in total. The minimum atomic E-state index is -0.249. The maximum Gasteiger partial charge on any atom is 0.257 e. The standard InChI is InChI=1S/C22H17N3O2/c26-21(13-16-9-5-8-15-6-1-3-10-19(15)16)25-23-14-18-12-17-7-2-4-11-20(17)24-22(18)27/h1-12,14H,13H2,(H,24,27)(H,25,26)/b23-14-. The maximum atomic E-state index is 12.2. The largest absolute Gasteiger partial charge is 0.321 e. The van der Waals surface area contributed by atoms with E-state index in [1.807, 2.05) is 66.7 Å². The molecule has 5 heteroatoms. The first kappa shape index (κ1) is 16.7. The van der Waals surface area contributed by atoms with Crippen molar-refractivity contribution in [3.05, 3.63) is 94.3 Å². The second-order valence-electron chi connectivity index (χ2n) is 6.25. The molecule has 0 aliphatic heterocycles. The van der Waals surface area contributed by atoms with Crippen molar-refractivity contribution >= 4 is 33.8 Å². The summed E-state index contributed by atoms with van der Waals surface area (Å²) in [5.74, 6) is -0.236. The summed E-state index contributed by atoms with van der Waals surface area (Å²) in [5.41, 5.74) is 4.33. The van der Waals surface area contributed by atoms with Crippen LogP contribution in [0.2, 0.25) is 0 Å². The zero-order valence-electron chi connectivity index (χ0n) is 14.5. The lowest BCUT2D eigenvalue weighted by molar-refractivity contribution is -0.120. The van der Waals surface area contributed by atoms with Gasteiger partial charge in [-0.3, -0.25) is 9.59 Å². The Labute approximate surface area is 155 Å². The van der Waals surface area contributed by atoms with Crippen LogP contribution in [0.15, 0.2) is 82.7 Å². The van der Waals surface area contributed by atoms with Crippen LogP contribution in [0.3, 0.4) is 0 Å². The van der Waals surface area contributed by atoms with E-state index < -0.39 is 0 Å². The Kier molecular flexibility index (Phi) is 4.49. The van der Waals surface area contributed by atoms with Crippen molar-refractivity contribution in [1.29, 1.82) is 0 Å². The number of amides is 1. The Balaban J connectivity index is 1.49. The summed E-state index contributed by atoms with van der Waals surface area (Å²) < 4.78 is 0.